The number of H-pyrrole nitrogens is 1. The Morgan fingerprint density at radius 1 is 1.38 bits per heavy atom. The first-order chi connectivity index (χ1) is 10.2. The van der Waals surface area contributed by atoms with Crippen molar-refractivity contribution in [1.82, 2.24) is 15.5 Å². The zero-order valence-electron chi connectivity index (χ0n) is 11.2. The van der Waals surface area contributed by atoms with Gasteiger partial charge in [0.15, 0.2) is 0 Å². The van der Waals surface area contributed by atoms with Gasteiger partial charge in [0.2, 0.25) is 5.91 Å². The summed E-state index contributed by atoms with van der Waals surface area (Å²) >= 11 is 1.54. The molecule has 0 fully saturated rings. The van der Waals surface area contributed by atoms with Crippen LogP contribution in [-0.2, 0) is 11.2 Å². The average molecular weight is 301 g/mol. The van der Waals surface area contributed by atoms with Crippen molar-refractivity contribution in [2.75, 3.05) is 6.54 Å². The molecule has 3 N–H and O–H groups in total. The van der Waals surface area contributed by atoms with Crippen LogP contribution in [0, 0.1) is 0 Å². The molecule has 6 heteroatoms. The Bertz CT molecular complexity index is 703. The fourth-order valence-electron chi connectivity index (χ4n) is 2.10. The maximum absolute atomic E-state index is 11.8. The minimum absolute atomic E-state index is 0.139. The highest BCUT2D eigenvalue weighted by atomic mass is 32.1. The first kappa shape index (κ1) is 13.8. The molecular weight excluding hydrogens is 286 g/mol. The highest BCUT2D eigenvalue weighted by Crippen LogP contribution is 2.29. The zero-order valence-corrected chi connectivity index (χ0v) is 12.1. The first-order valence-corrected chi connectivity index (χ1v) is 7.45. The van der Waals surface area contributed by atoms with Gasteiger partial charge in [-0.05, 0) is 23.6 Å². The number of rotatable bonds is 5. The van der Waals surface area contributed by atoms with E-state index in [9.17, 15) is 9.90 Å². The summed E-state index contributed by atoms with van der Waals surface area (Å²) in [4.78, 5) is 12.6. The van der Waals surface area contributed by atoms with Gasteiger partial charge in [-0.3, -0.25) is 9.89 Å². The van der Waals surface area contributed by atoms with E-state index < -0.39 is 6.10 Å². The van der Waals surface area contributed by atoms with Gasteiger partial charge in [-0.15, -0.1) is 11.3 Å². The van der Waals surface area contributed by atoms with Crippen LogP contribution in [0.4, 0.5) is 0 Å². The summed E-state index contributed by atoms with van der Waals surface area (Å²) in [5.41, 5.74) is 0.754. The predicted molar refractivity (Wildman–Crippen MR) is 82.1 cm³/mol. The van der Waals surface area contributed by atoms with E-state index >= 15 is 0 Å². The summed E-state index contributed by atoms with van der Waals surface area (Å²) in [7, 11) is 0. The SMILES string of the molecule is O=C(Cc1ccn[nH]1)NC[C@@H](O)c1cc2ccccc2s1. The molecule has 0 saturated heterocycles. The third-order valence-electron chi connectivity index (χ3n) is 3.18. The molecular formula is C15H15N3O2S. The van der Waals surface area contributed by atoms with E-state index in [1.807, 2.05) is 30.3 Å². The van der Waals surface area contributed by atoms with E-state index in [4.69, 9.17) is 0 Å². The number of aromatic amines is 1. The normalized spacial score (nSPS) is 12.4. The van der Waals surface area contributed by atoms with E-state index in [2.05, 4.69) is 15.5 Å². The Balaban J connectivity index is 1.58. The molecule has 0 radical (unpaired) electrons. The molecule has 1 amide bonds. The summed E-state index contributed by atoms with van der Waals surface area (Å²) in [6.07, 6.45) is 1.15. The minimum atomic E-state index is -0.687. The van der Waals surface area contributed by atoms with Crippen LogP contribution in [0.1, 0.15) is 16.7 Å². The van der Waals surface area contributed by atoms with E-state index in [0.29, 0.717) is 0 Å². The molecule has 3 aromatic rings. The standard InChI is InChI=1S/C15H15N3O2S/c19-12(9-16-15(20)8-11-5-6-17-18-11)14-7-10-3-1-2-4-13(10)21-14/h1-7,12,19H,8-9H2,(H,16,20)(H,17,18)/t12-/m1/s1. The van der Waals surface area contributed by atoms with Crippen molar-refractivity contribution < 1.29 is 9.90 Å². The van der Waals surface area contributed by atoms with Crippen molar-refractivity contribution in [1.29, 1.82) is 0 Å². The molecule has 3 rings (SSSR count). The third-order valence-corrected chi connectivity index (χ3v) is 4.39. The fourth-order valence-corrected chi connectivity index (χ4v) is 3.15. The van der Waals surface area contributed by atoms with Crippen LogP contribution in [0.5, 0.6) is 0 Å². The van der Waals surface area contributed by atoms with Crippen molar-refractivity contribution >= 4 is 27.3 Å². The van der Waals surface area contributed by atoms with Gasteiger partial charge < -0.3 is 10.4 Å². The summed E-state index contributed by atoms with van der Waals surface area (Å²) in [6, 6.07) is 11.7. The summed E-state index contributed by atoms with van der Waals surface area (Å²) < 4.78 is 1.13. The highest BCUT2D eigenvalue weighted by Gasteiger charge is 2.13. The smallest absolute Gasteiger partial charge is 0.226 e. The zero-order chi connectivity index (χ0) is 14.7. The number of nitrogens with one attached hydrogen (secondary N) is 2. The number of aliphatic hydroxyl groups excluding tert-OH is 1. The first-order valence-electron chi connectivity index (χ1n) is 6.64. The summed E-state index contributed by atoms with van der Waals surface area (Å²) in [5.74, 6) is -0.139. The van der Waals surface area contributed by atoms with Crippen molar-refractivity contribution in [2.45, 2.75) is 12.5 Å². The molecule has 1 atom stereocenters. The topological polar surface area (TPSA) is 78.0 Å². The van der Waals surface area contributed by atoms with E-state index in [-0.39, 0.29) is 18.9 Å². The fraction of sp³-hybridized carbons (Fsp3) is 0.200. The highest BCUT2D eigenvalue weighted by molar-refractivity contribution is 7.19. The lowest BCUT2D eigenvalue weighted by molar-refractivity contribution is -0.120. The second-order valence-corrected chi connectivity index (χ2v) is 5.88. The van der Waals surface area contributed by atoms with E-state index in [0.717, 1.165) is 20.7 Å². The molecule has 2 aromatic heterocycles. The largest absolute Gasteiger partial charge is 0.386 e. The molecule has 0 bridgehead atoms. The summed E-state index contributed by atoms with van der Waals surface area (Å²) in [5, 5.41) is 20.5. The molecule has 0 aliphatic rings. The molecule has 0 spiro atoms. The number of amides is 1. The monoisotopic (exact) mass is 301 g/mol. The Morgan fingerprint density at radius 2 is 2.24 bits per heavy atom. The Hall–Kier alpha value is -2.18. The maximum atomic E-state index is 11.8. The molecule has 108 valence electrons. The van der Waals surface area contributed by atoms with Gasteiger partial charge in [0.25, 0.3) is 0 Å². The Labute approximate surface area is 125 Å². The number of hydrogen-bond donors (Lipinski definition) is 3. The van der Waals surface area contributed by atoms with Crippen molar-refractivity contribution in [3.8, 4) is 0 Å². The van der Waals surface area contributed by atoms with Crippen LogP contribution in [-0.4, -0.2) is 27.8 Å². The number of benzene rings is 1. The van der Waals surface area contributed by atoms with Gasteiger partial charge in [-0.25, -0.2) is 0 Å². The number of carbonyl (C=O) groups is 1. The second-order valence-electron chi connectivity index (χ2n) is 4.77. The van der Waals surface area contributed by atoms with Gasteiger partial charge >= 0.3 is 0 Å². The molecule has 21 heavy (non-hydrogen) atoms. The Kier molecular flexibility index (Phi) is 3.98. The van der Waals surface area contributed by atoms with Crippen LogP contribution in [0.15, 0.2) is 42.6 Å². The predicted octanol–water partition coefficient (Wildman–Crippen LogP) is 2.02. The van der Waals surface area contributed by atoms with Crippen LogP contribution in [0.25, 0.3) is 10.1 Å². The van der Waals surface area contributed by atoms with E-state index in [1.165, 1.54) is 0 Å². The van der Waals surface area contributed by atoms with E-state index in [1.54, 1.807) is 23.6 Å². The number of fused-ring (bicyclic) bond motifs is 1. The van der Waals surface area contributed by atoms with Gasteiger partial charge in [-0.2, -0.15) is 5.10 Å². The maximum Gasteiger partial charge on any atom is 0.226 e. The van der Waals surface area contributed by atoms with Gasteiger partial charge in [0.1, 0.15) is 6.10 Å². The third kappa shape index (κ3) is 3.29. The number of aromatic nitrogens is 2. The summed E-state index contributed by atoms with van der Waals surface area (Å²) in [6.45, 7) is 0.208. The number of thiophene rings is 1. The van der Waals surface area contributed by atoms with Crippen LogP contribution in [0.3, 0.4) is 0 Å². The lowest BCUT2D eigenvalue weighted by atomic mass is 10.2. The molecule has 0 unspecified atom stereocenters. The van der Waals surface area contributed by atoms with Crippen molar-refractivity contribution in [3.05, 3.63) is 53.2 Å². The van der Waals surface area contributed by atoms with Gasteiger partial charge in [0, 0.05) is 28.0 Å². The van der Waals surface area contributed by atoms with Gasteiger partial charge in [0.05, 0.1) is 6.42 Å². The molecule has 5 nitrogen and oxygen atoms in total. The molecule has 1 aromatic carbocycles. The molecule has 0 aliphatic heterocycles. The molecule has 0 saturated carbocycles. The Morgan fingerprint density at radius 3 is 3.00 bits per heavy atom. The number of aliphatic hydroxyl groups is 1. The average Bonchev–Trinajstić information content (AvgIpc) is 3.13. The number of hydrogen-bond acceptors (Lipinski definition) is 4. The minimum Gasteiger partial charge on any atom is -0.386 e. The van der Waals surface area contributed by atoms with Crippen molar-refractivity contribution in [3.63, 3.8) is 0 Å². The van der Waals surface area contributed by atoms with Crippen molar-refractivity contribution in [2.24, 2.45) is 0 Å². The van der Waals surface area contributed by atoms with Crippen LogP contribution >= 0.6 is 11.3 Å². The quantitative estimate of drug-likeness (QED) is 0.674. The molecule has 2 heterocycles. The lowest BCUT2D eigenvalue weighted by Gasteiger charge is -2.09. The number of nitrogens with zero attached hydrogens (tertiary/aromatic N) is 1. The van der Waals surface area contributed by atoms with Gasteiger partial charge in [-0.1, -0.05) is 18.2 Å². The van der Waals surface area contributed by atoms with Crippen LogP contribution in [0.2, 0.25) is 0 Å². The molecule has 0 aliphatic carbocycles. The number of carbonyl (C=O) groups excluding carboxylic acids is 1. The van der Waals surface area contributed by atoms with Crippen LogP contribution < -0.4 is 5.32 Å². The lowest BCUT2D eigenvalue weighted by Crippen LogP contribution is -2.29. The second kappa shape index (κ2) is 6.07.